The summed E-state index contributed by atoms with van der Waals surface area (Å²) in [7, 11) is 0. The van der Waals surface area contributed by atoms with E-state index in [4.69, 9.17) is 17.3 Å². The van der Waals surface area contributed by atoms with Crippen molar-refractivity contribution >= 4 is 39.3 Å². The molecule has 0 saturated heterocycles. The van der Waals surface area contributed by atoms with Crippen molar-refractivity contribution in [3.63, 3.8) is 0 Å². The van der Waals surface area contributed by atoms with Crippen molar-refractivity contribution < 1.29 is 9.90 Å². The molecule has 5 heteroatoms. The lowest BCUT2D eigenvalue weighted by atomic mass is 10.0. The molecule has 4 aromatic rings. The van der Waals surface area contributed by atoms with E-state index in [2.05, 4.69) is 4.57 Å². The first-order valence-corrected chi connectivity index (χ1v) is 8.65. The van der Waals surface area contributed by atoms with E-state index < -0.39 is 5.91 Å². The smallest absolute Gasteiger partial charge is 0.249 e. The average molecular weight is 365 g/mol. The summed E-state index contributed by atoms with van der Waals surface area (Å²) in [6.45, 7) is 0.551. The van der Waals surface area contributed by atoms with E-state index in [1.165, 1.54) is 0 Å². The predicted octanol–water partition coefficient (Wildman–Crippen LogP) is 4.09. The number of aliphatic hydroxyl groups is 1. The Labute approximate surface area is 155 Å². The zero-order chi connectivity index (χ0) is 18.3. The molecule has 1 amide bonds. The number of hydrogen-bond donors (Lipinski definition) is 2. The number of carbonyl (C=O) groups is 1. The summed E-state index contributed by atoms with van der Waals surface area (Å²) < 4.78 is 2.13. The van der Waals surface area contributed by atoms with Crippen LogP contribution in [0.15, 0.2) is 60.7 Å². The zero-order valence-electron chi connectivity index (χ0n) is 13.9. The number of fused-ring (bicyclic) bond motifs is 3. The van der Waals surface area contributed by atoms with Gasteiger partial charge in [-0.2, -0.15) is 0 Å². The van der Waals surface area contributed by atoms with Crippen LogP contribution in [0.3, 0.4) is 0 Å². The fourth-order valence-corrected chi connectivity index (χ4v) is 3.69. The van der Waals surface area contributed by atoms with E-state index >= 15 is 0 Å². The summed E-state index contributed by atoms with van der Waals surface area (Å²) in [5.41, 5.74) is 9.83. The van der Waals surface area contributed by atoms with Gasteiger partial charge in [0.15, 0.2) is 0 Å². The third-order valence-corrected chi connectivity index (χ3v) is 4.87. The summed E-state index contributed by atoms with van der Waals surface area (Å²) in [5.74, 6) is -0.455. The number of nitrogens with zero attached hydrogens (tertiary/aromatic N) is 1. The number of nitrogens with two attached hydrogens (primary N) is 1. The number of primary amides is 1. The highest BCUT2D eigenvalue weighted by Crippen LogP contribution is 2.33. The maximum Gasteiger partial charge on any atom is 0.249 e. The number of carbonyl (C=O) groups excluding carboxylic acids is 1. The summed E-state index contributed by atoms with van der Waals surface area (Å²) in [6, 6.07) is 19.0. The molecule has 130 valence electrons. The monoisotopic (exact) mass is 364 g/mol. The molecule has 0 bridgehead atoms. The second-order valence-electron chi connectivity index (χ2n) is 6.29. The Morgan fingerprint density at radius 2 is 1.81 bits per heavy atom. The molecule has 0 aliphatic carbocycles. The predicted molar refractivity (Wildman–Crippen MR) is 104 cm³/mol. The van der Waals surface area contributed by atoms with Crippen molar-refractivity contribution in [2.45, 2.75) is 13.2 Å². The number of hydrogen-bond acceptors (Lipinski definition) is 2. The number of halogens is 1. The normalized spacial score (nSPS) is 11.3. The van der Waals surface area contributed by atoms with Crippen LogP contribution in [-0.2, 0) is 13.2 Å². The van der Waals surface area contributed by atoms with Gasteiger partial charge in [0.2, 0.25) is 5.91 Å². The molecule has 0 aliphatic heterocycles. The Morgan fingerprint density at radius 1 is 1.00 bits per heavy atom. The van der Waals surface area contributed by atoms with Gasteiger partial charge in [0, 0.05) is 33.4 Å². The van der Waals surface area contributed by atoms with Crippen LogP contribution in [0.2, 0.25) is 5.02 Å². The standard InChI is InChI=1S/C21H17ClN2O2/c22-15-4-1-3-13(9-15)11-24-18-6-2-5-17(21(23)26)20(18)16-8-7-14(12-25)10-19(16)24/h1-10,25H,11-12H2,(H2,23,26). The largest absolute Gasteiger partial charge is 0.392 e. The van der Waals surface area contributed by atoms with Gasteiger partial charge >= 0.3 is 0 Å². The van der Waals surface area contributed by atoms with Gasteiger partial charge in [0.1, 0.15) is 0 Å². The fourth-order valence-electron chi connectivity index (χ4n) is 3.48. The first-order chi connectivity index (χ1) is 12.6. The van der Waals surface area contributed by atoms with Gasteiger partial charge in [0.05, 0.1) is 12.1 Å². The first-order valence-electron chi connectivity index (χ1n) is 8.27. The topological polar surface area (TPSA) is 68.2 Å². The van der Waals surface area contributed by atoms with Crippen molar-refractivity contribution in [1.29, 1.82) is 0 Å². The number of benzene rings is 3. The van der Waals surface area contributed by atoms with E-state index in [1.54, 1.807) is 6.07 Å². The second-order valence-corrected chi connectivity index (χ2v) is 6.73. The summed E-state index contributed by atoms with van der Waals surface area (Å²) in [6.07, 6.45) is 0. The lowest BCUT2D eigenvalue weighted by Crippen LogP contribution is -2.11. The third kappa shape index (κ3) is 2.73. The van der Waals surface area contributed by atoms with Crippen molar-refractivity contribution in [3.05, 3.63) is 82.4 Å². The van der Waals surface area contributed by atoms with Crippen LogP contribution >= 0.6 is 11.6 Å². The van der Waals surface area contributed by atoms with Gasteiger partial charge in [-0.1, -0.05) is 41.9 Å². The molecule has 4 rings (SSSR count). The minimum atomic E-state index is -0.455. The molecule has 0 atom stereocenters. The highest BCUT2D eigenvalue weighted by atomic mass is 35.5. The molecule has 26 heavy (non-hydrogen) atoms. The number of aromatic nitrogens is 1. The maximum atomic E-state index is 11.9. The van der Waals surface area contributed by atoms with Crippen LogP contribution in [0.25, 0.3) is 21.8 Å². The van der Waals surface area contributed by atoms with Crippen molar-refractivity contribution in [3.8, 4) is 0 Å². The summed E-state index contributed by atoms with van der Waals surface area (Å²) >= 11 is 6.13. The Kier molecular flexibility index (Phi) is 4.15. The molecule has 0 fully saturated rings. The fraction of sp³-hybridized carbons (Fsp3) is 0.0952. The van der Waals surface area contributed by atoms with Crippen LogP contribution in [0, 0.1) is 0 Å². The maximum absolute atomic E-state index is 11.9. The van der Waals surface area contributed by atoms with Crippen LogP contribution in [-0.4, -0.2) is 15.6 Å². The highest BCUT2D eigenvalue weighted by molar-refractivity contribution is 6.30. The molecule has 4 nitrogen and oxygen atoms in total. The lowest BCUT2D eigenvalue weighted by Gasteiger charge is -2.09. The van der Waals surface area contributed by atoms with Crippen molar-refractivity contribution in [2.75, 3.05) is 0 Å². The van der Waals surface area contributed by atoms with E-state index in [0.717, 1.165) is 32.9 Å². The minimum absolute atomic E-state index is 0.0443. The van der Waals surface area contributed by atoms with Gasteiger partial charge in [-0.3, -0.25) is 4.79 Å². The van der Waals surface area contributed by atoms with E-state index in [-0.39, 0.29) is 6.61 Å². The van der Waals surface area contributed by atoms with Crippen molar-refractivity contribution in [2.24, 2.45) is 5.73 Å². The molecule has 0 saturated carbocycles. The average Bonchev–Trinajstić information content (AvgIpc) is 2.95. The molecule has 3 N–H and O–H groups in total. The SMILES string of the molecule is NC(=O)c1cccc2c1c1ccc(CO)cc1n2Cc1cccc(Cl)c1. The molecule has 0 spiro atoms. The third-order valence-electron chi connectivity index (χ3n) is 4.63. The molecule has 0 unspecified atom stereocenters. The van der Waals surface area contributed by atoms with Gasteiger partial charge in [-0.15, -0.1) is 0 Å². The summed E-state index contributed by atoms with van der Waals surface area (Å²) in [4.78, 5) is 11.9. The van der Waals surface area contributed by atoms with Crippen LogP contribution < -0.4 is 5.73 Å². The number of amides is 1. The number of rotatable bonds is 4. The summed E-state index contributed by atoms with van der Waals surface area (Å²) in [5, 5.41) is 12.0. The molecule has 0 aliphatic rings. The molecule has 1 heterocycles. The van der Waals surface area contributed by atoms with Gasteiger partial charge in [-0.05, 0) is 41.5 Å². The van der Waals surface area contributed by atoms with Gasteiger partial charge < -0.3 is 15.4 Å². The Balaban J connectivity index is 2.05. The zero-order valence-corrected chi connectivity index (χ0v) is 14.7. The second kappa shape index (κ2) is 6.48. The van der Waals surface area contributed by atoms with Gasteiger partial charge in [0.25, 0.3) is 0 Å². The molecule has 0 radical (unpaired) electrons. The van der Waals surface area contributed by atoms with Crippen LogP contribution in [0.5, 0.6) is 0 Å². The van der Waals surface area contributed by atoms with E-state index in [1.807, 2.05) is 54.6 Å². The Hall–Kier alpha value is -2.82. The van der Waals surface area contributed by atoms with E-state index in [9.17, 15) is 9.90 Å². The molecule has 3 aromatic carbocycles. The molecule has 1 aromatic heterocycles. The highest BCUT2D eigenvalue weighted by Gasteiger charge is 2.17. The lowest BCUT2D eigenvalue weighted by molar-refractivity contribution is 0.100. The Morgan fingerprint density at radius 3 is 2.54 bits per heavy atom. The molecular formula is C21H17ClN2O2. The van der Waals surface area contributed by atoms with Crippen molar-refractivity contribution in [1.82, 2.24) is 4.57 Å². The van der Waals surface area contributed by atoms with Crippen LogP contribution in [0.4, 0.5) is 0 Å². The molecular weight excluding hydrogens is 348 g/mol. The quantitative estimate of drug-likeness (QED) is 0.572. The Bertz CT molecular complexity index is 1150. The van der Waals surface area contributed by atoms with E-state index in [0.29, 0.717) is 17.1 Å². The first kappa shape index (κ1) is 16.6. The van der Waals surface area contributed by atoms with Crippen LogP contribution in [0.1, 0.15) is 21.5 Å². The minimum Gasteiger partial charge on any atom is -0.392 e. The number of aliphatic hydroxyl groups excluding tert-OH is 1. The van der Waals surface area contributed by atoms with Gasteiger partial charge in [-0.25, -0.2) is 0 Å².